The highest BCUT2D eigenvalue weighted by Gasteiger charge is 2.50. The summed E-state index contributed by atoms with van der Waals surface area (Å²) < 4.78 is 0. The number of nitrogens with one attached hydrogen (secondary N) is 1. The summed E-state index contributed by atoms with van der Waals surface area (Å²) in [6.45, 7) is 4.65. The Bertz CT molecular complexity index is 417. The van der Waals surface area contributed by atoms with Gasteiger partial charge in [0.15, 0.2) is 0 Å². The molecule has 2 heteroatoms. The summed E-state index contributed by atoms with van der Waals surface area (Å²) in [6.07, 6.45) is 5.41. The standard InChI is InChI=1S/C16H24N2/c1-16(2)10-14(16)15(18-17)13-8-6-12(7-9-13)11-4-3-5-11/h6-9,11,14-15,18H,3-5,10,17H2,1-2H3. The molecule has 2 nitrogen and oxygen atoms in total. The van der Waals surface area contributed by atoms with Crippen molar-refractivity contribution in [3.8, 4) is 0 Å². The van der Waals surface area contributed by atoms with Crippen molar-refractivity contribution in [1.82, 2.24) is 5.43 Å². The summed E-state index contributed by atoms with van der Waals surface area (Å²) in [5.74, 6) is 7.25. The average Bonchev–Trinajstić information content (AvgIpc) is 2.89. The summed E-state index contributed by atoms with van der Waals surface area (Å²) in [5.41, 5.74) is 6.31. The van der Waals surface area contributed by atoms with Crippen molar-refractivity contribution in [3.05, 3.63) is 35.4 Å². The molecule has 0 heterocycles. The molecule has 3 N–H and O–H groups in total. The molecule has 2 fully saturated rings. The fourth-order valence-electron chi connectivity index (χ4n) is 3.24. The minimum Gasteiger partial charge on any atom is -0.271 e. The second kappa shape index (κ2) is 4.36. The van der Waals surface area contributed by atoms with E-state index in [1.165, 1.54) is 36.8 Å². The van der Waals surface area contributed by atoms with Crippen LogP contribution in [0, 0.1) is 11.3 Å². The van der Waals surface area contributed by atoms with Crippen LogP contribution in [-0.2, 0) is 0 Å². The number of hydrogen-bond donors (Lipinski definition) is 2. The monoisotopic (exact) mass is 244 g/mol. The van der Waals surface area contributed by atoms with Gasteiger partial charge in [0, 0.05) is 6.04 Å². The SMILES string of the molecule is CC1(C)CC1C(NN)c1ccc(C2CCC2)cc1. The number of hydrogen-bond acceptors (Lipinski definition) is 2. The first kappa shape index (κ1) is 12.2. The first-order chi connectivity index (χ1) is 8.62. The molecule has 1 aromatic carbocycles. The minimum absolute atomic E-state index is 0.315. The first-order valence-electron chi connectivity index (χ1n) is 7.18. The Morgan fingerprint density at radius 1 is 1.22 bits per heavy atom. The molecule has 0 amide bonds. The van der Waals surface area contributed by atoms with E-state index in [4.69, 9.17) is 5.84 Å². The fourth-order valence-corrected chi connectivity index (χ4v) is 3.24. The molecule has 0 saturated heterocycles. The third kappa shape index (κ3) is 2.08. The maximum absolute atomic E-state index is 5.75. The summed E-state index contributed by atoms with van der Waals surface area (Å²) >= 11 is 0. The Balaban J connectivity index is 1.74. The van der Waals surface area contributed by atoms with Crippen LogP contribution < -0.4 is 11.3 Å². The second-order valence-electron chi connectivity index (χ2n) is 6.74. The Morgan fingerprint density at radius 2 is 1.83 bits per heavy atom. The predicted molar refractivity (Wildman–Crippen MR) is 75.0 cm³/mol. The molecule has 18 heavy (non-hydrogen) atoms. The van der Waals surface area contributed by atoms with Gasteiger partial charge in [-0.1, -0.05) is 44.5 Å². The molecule has 2 atom stereocenters. The van der Waals surface area contributed by atoms with Gasteiger partial charge in [-0.05, 0) is 47.6 Å². The third-order valence-electron chi connectivity index (χ3n) is 5.04. The van der Waals surface area contributed by atoms with E-state index in [1.807, 2.05) is 0 Å². The van der Waals surface area contributed by atoms with E-state index < -0.39 is 0 Å². The molecular formula is C16H24N2. The van der Waals surface area contributed by atoms with Gasteiger partial charge in [-0.3, -0.25) is 11.3 Å². The van der Waals surface area contributed by atoms with Crippen molar-refractivity contribution in [2.75, 3.05) is 0 Å². The zero-order valence-corrected chi connectivity index (χ0v) is 11.4. The molecule has 98 valence electrons. The minimum atomic E-state index is 0.315. The largest absolute Gasteiger partial charge is 0.271 e. The van der Waals surface area contributed by atoms with Gasteiger partial charge < -0.3 is 0 Å². The molecule has 0 aromatic heterocycles. The van der Waals surface area contributed by atoms with Crippen LogP contribution in [0.5, 0.6) is 0 Å². The average molecular weight is 244 g/mol. The van der Waals surface area contributed by atoms with E-state index in [9.17, 15) is 0 Å². The molecular weight excluding hydrogens is 220 g/mol. The van der Waals surface area contributed by atoms with Crippen LogP contribution in [0.15, 0.2) is 24.3 Å². The molecule has 3 rings (SSSR count). The summed E-state index contributed by atoms with van der Waals surface area (Å²) in [6, 6.07) is 9.46. The Labute approximate surface area is 110 Å². The lowest BCUT2D eigenvalue weighted by Crippen LogP contribution is -2.30. The highest BCUT2D eigenvalue weighted by atomic mass is 15.2. The number of benzene rings is 1. The molecule has 0 aliphatic heterocycles. The summed E-state index contributed by atoms with van der Waals surface area (Å²) in [4.78, 5) is 0. The highest BCUT2D eigenvalue weighted by Crippen LogP contribution is 2.57. The van der Waals surface area contributed by atoms with Gasteiger partial charge in [0.2, 0.25) is 0 Å². The van der Waals surface area contributed by atoms with Gasteiger partial charge in [0.05, 0.1) is 0 Å². The predicted octanol–water partition coefficient (Wildman–Crippen LogP) is 3.50. The molecule has 0 radical (unpaired) electrons. The van der Waals surface area contributed by atoms with Gasteiger partial charge >= 0.3 is 0 Å². The molecule has 2 aliphatic carbocycles. The normalized spacial score (nSPS) is 27.6. The van der Waals surface area contributed by atoms with Crippen LogP contribution in [0.2, 0.25) is 0 Å². The fraction of sp³-hybridized carbons (Fsp3) is 0.625. The van der Waals surface area contributed by atoms with Crippen LogP contribution >= 0.6 is 0 Å². The first-order valence-corrected chi connectivity index (χ1v) is 7.18. The van der Waals surface area contributed by atoms with Gasteiger partial charge in [0.25, 0.3) is 0 Å². The van der Waals surface area contributed by atoms with Gasteiger partial charge in [-0.25, -0.2) is 0 Å². The maximum Gasteiger partial charge on any atom is 0.0493 e. The van der Waals surface area contributed by atoms with E-state index in [0.717, 1.165) is 5.92 Å². The van der Waals surface area contributed by atoms with Crippen LogP contribution in [-0.4, -0.2) is 0 Å². The Hall–Kier alpha value is -0.860. The van der Waals surface area contributed by atoms with Crippen LogP contribution in [0.1, 0.15) is 62.6 Å². The molecule has 2 saturated carbocycles. The summed E-state index contributed by atoms with van der Waals surface area (Å²) in [5, 5.41) is 0. The van der Waals surface area contributed by atoms with E-state index in [0.29, 0.717) is 17.4 Å². The maximum atomic E-state index is 5.75. The number of hydrazine groups is 1. The lowest BCUT2D eigenvalue weighted by molar-refractivity contribution is 0.416. The van der Waals surface area contributed by atoms with Crippen LogP contribution in [0.25, 0.3) is 0 Å². The second-order valence-corrected chi connectivity index (χ2v) is 6.74. The Kier molecular flexibility index (Phi) is 2.95. The zero-order chi connectivity index (χ0) is 12.8. The Morgan fingerprint density at radius 3 is 2.22 bits per heavy atom. The number of nitrogens with two attached hydrogens (primary N) is 1. The van der Waals surface area contributed by atoms with Crippen molar-refractivity contribution < 1.29 is 0 Å². The zero-order valence-electron chi connectivity index (χ0n) is 11.4. The van der Waals surface area contributed by atoms with E-state index >= 15 is 0 Å². The lowest BCUT2D eigenvalue weighted by Gasteiger charge is -2.26. The molecule has 0 bridgehead atoms. The van der Waals surface area contributed by atoms with Gasteiger partial charge in [-0.2, -0.15) is 0 Å². The third-order valence-corrected chi connectivity index (χ3v) is 5.04. The van der Waals surface area contributed by atoms with Gasteiger partial charge in [-0.15, -0.1) is 0 Å². The quantitative estimate of drug-likeness (QED) is 0.628. The van der Waals surface area contributed by atoms with Gasteiger partial charge in [0.1, 0.15) is 0 Å². The van der Waals surface area contributed by atoms with Crippen LogP contribution in [0.4, 0.5) is 0 Å². The van der Waals surface area contributed by atoms with Crippen molar-refractivity contribution >= 4 is 0 Å². The smallest absolute Gasteiger partial charge is 0.0493 e. The highest BCUT2D eigenvalue weighted by molar-refractivity contribution is 5.30. The van der Waals surface area contributed by atoms with Crippen LogP contribution in [0.3, 0.4) is 0 Å². The van der Waals surface area contributed by atoms with Crippen molar-refractivity contribution in [2.45, 2.75) is 51.5 Å². The molecule has 0 spiro atoms. The van der Waals surface area contributed by atoms with Crippen molar-refractivity contribution in [3.63, 3.8) is 0 Å². The van der Waals surface area contributed by atoms with Crippen molar-refractivity contribution in [1.29, 1.82) is 0 Å². The van der Waals surface area contributed by atoms with Crippen molar-refractivity contribution in [2.24, 2.45) is 17.2 Å². The van der Waals surface area contributed by atoms with E-state index in [-0.39, 0.29) is 0 Å². The number of rotatable bonds is 4. The van der Waals surface area contributed by atoms with E-state index in [1.54, 1.807) is 0 Å². The molecule has 2 aliphatic rings. The molecule has 2 unspecified atom stereocenters. The topological polar surface area (TPSA) is 38.0 Å². The summed E-state index contributed by atoms with van der Waals surface area (Å²) in [7, 11) is 0. The lowest BCUT2D eigenvalue weighted by atomic mass is 9.79. The molecule has 1 aromatic rings. The van der Waals surface area contributed by atoms with E-state index in [2.05, 4.69) is 43.5 Å².